The first-order chi connectivity index (χ1) is 8.59. The highest BCUT2D eigenvalue weighted by Crippen LogP contribution is 2.21. The number of rotatable bonds is 2. The van der Waals surface area contributed by atoms with Crippen LogP contribution in [0.2, 0.25) is 0 Å². The molecule has 6 heteroatoms. The fourth-order valence-electron chi connectivity index (χ4n) is 2.04. The van der Waals surface area contributed by atoms with Gasteiger partial charge in [-0.1, -0.05) is 0 Å². The highest BCUT2D eigenvalue weighted by atomic mass is 16.4. The van der Waals surface area contributed by atoms with Gasteiger partial charge >= 0.3 is 5.97 Å². The summed E-state index contributed by atoms with van der Waals surface area (Å²) >= 11 is 0. The molecule has 0 atom stereocenters. The first kappa shape index (κ1) is 12.3. The number of pyridine rings is 1. The molecule has 1 amide bonds. The van der Waals surface area contributed by atoms with Crippen LogP contribution in [0.4, 0.5) is 0 Å². The zero-order chi connectivity index (χ0) is 13.1. The predicted octanol–water partition coefficient (Wildman–Crippen LogP) is 0.724. The van der Waals surface area contributed by atoms with E-state index in [-0.39, 0.29) is 23.3 Å². The van der Waals surface area contributed by atoms with Gasteiger partial charge in [-0.3, -0.25) is 9.59 Å². The van der Waals surface area contributed by atoms with Crippen molar-refractivity contribution in [1.82, 2.24) is 9.88 Å². The van der Waals surface area contributed by atoms with Gasteiger partial charge in [0.2, 0.25) is 0 Å². The van der Waals surface area contributed by atoms with Gasteiger partial charge in [0.15, 0.2) is 5.69 Å². The molecule has 2 rings (SSSR count). The number of carboxylic acid groups (broad SMARTS) is 1. The van der Waals surface area contributed by atoms with Crippen LogP contribution in [-0.4, -0.2) is 45.1 Å². The Hall–Kier alpha value is -2.11. The summed E-state index contributed by atoms with van der Waals surface area (Å²) in [5.41, 5.74) is 0.0197. The van der Waals surface area contributed by atoms with Gasteiger partial charge in [0.1, 0.15) is 5.75 Å². The van der Waals surface area contributed by atoms with E-state index in [0.29, 0.717) is 25.9 Å². The summed E-state index contributed by atoms with van der Waals surface area (Å²) in [6.45, 7) is 0.762. The van der Waals surface area contributed by atoms with E-state index in [1.54, 1.807) is 6.07 Å². The van der Waals surface area contributed by atoms with Crippen molar-refractivity contribution in [1.29, 1.82) is 0 Å². The summed E-state index contributed by atoms with van der Waals surface area (Å²) in [6, 6.07) is 2.95. The first-order valence-corrected chi connectivity index (χ1v) is 5.75. The molecule has 0 aliphatic carbocycles. The third kappa shape index (κ3) is 2.42. The van der Waals surface area contributed by atoms with Crippen LogP contribution in [0.15, 0.2) is 18.3 Å². The minimum atomic E-state index is -0.817. The van der Waals surface area contributed by atoms with Crippen molar-refractivity contribution in [2.45, 2.75) is 12.8 Å². The second kappa shape index (κ2) is 5.03. The third-order valence-electron chi connectivity index (χ3n) is 3.12. The molecule has 0 unspecified atom stereocenters. The van der Waals surface area contributed by atoms with Gasteiger partial charge in [0.05, 0.1) is 5.92 Å². The smallest absolute Gasteiger partial charge is 0.306 e. The Bertz CT molecular complexity index is 467. The molecule has 0 spiro atoms. The average molecular weight is 250 g/mol. The number of carbonyl (C=O) groups is 2. The largest absolute Gasteiger partial charge is 0.505 e. The predicted molar refractivity (Wildman–Crippen MR) is 62.2 cm³/mol. The van der Waals surface area contributed by atoms with E-state index >= 15 is 0 Å². The highest BCUT2D eigenvalue weighted by molar-refractivity contribution is 5.94. The average Bonchev–Trinajstić information content (AvgIpc) is 2.38. The van der Waals surface area contributed by atoms with Crippen molar-refractivity contribution in [2.75, 3.05) is 13.1 Å². The summed E-state index contributed by atoms with van der Waals surface area (Å²) in [4.78, 5) is 28.2. The van der Waals surface area contributed by atoms with Crippen molar-refractivity contribution in [3.05, 3.63) is 24.0 Å². The second-order valence-electron chi connectivity index (χ2n) is 4.28. The molecule has 1 saturated heterocycles. The molecular weight excluding hydrogens is 236 g/mol. The lowest BCUT2D eigenvalue weighted by molar-refractivity contribution is -0.143. The van der Waals surface area contributed by atoms with E-state index in [9.17, 15) is 14.7 Å². The van der Waals surface area contributed by atoms with Gasteiger partial charge in [0, 0.05) is 19.3 Å². The van der Waals surface area contributed by atoms with E-state index in [1.165, 1.54) is 17.2 Å². The maximum Gasteiger partial charge on any atom is 0.306 e. The minimum absolute atomic E-state index is 0.0197. The third-order valence-corrected chi connectivity index (χ3v) is 3.12. The number of hydrogen-bond acceptors (Lipinski definition) is 4. The maximum atomic E-state index is 12.1. The lowest BCUT2D eigenvalue weighted by Gasteiger charge is -2.29. The standard InChI is InChI=1S/C12H14N2O4/c15-9-2-1-5-13-10(9)11(16)14-6-3-8(4-7-14)12(17)18/h1-2,5,8,15H,3-4,6-7H2,(H,17,18). The van der Waals surface area contributed by atoms with Crippen molar-refractivity contribution in [3.63, 3.8) is 0 Å². The molecule has 1 aliphatic rings. The molecule has 1 fully saturated rings. The number of piperidine rings is 1. The van der Waals surface area contributed by atoms with Gasteiger partial charge in [-0.2, -0.15) is 0 Å². The van der Waals surface area contributed by atoms with E-state index in [2.05, 4.69) is 4.98 Å². The van der Waals surface area contributed by atoms with Crippen LogP contribution in [-0.2, 0) is 4.79 Å². The molecule has 18 heavy (non-hydrogen) atoms. The summed E-state index contributed by atoms with van der Waals surface area (Å²) in [5, 5.41) is 18.4. The summed E-state index contributed by atoms with van der Waals surface area (Å²) in [5.74, 6) is -1.70. The van der Waals surface area contributed by atoms with Gasteiger partial charge in [0.25, 0.3) is 5.91 Å². The first-order valence-electron chi connectivity index (χ1n) is 5.75. The van der Waals surface area contributed by atoms with Crippen LogP contribution in [0, 0.1) is 5.92 Å². The van der Waals surface area contributed by atoms with Crippen LogP contribution < -0.4 is 0 Å². The fraction of sp³-hybridized carbons (Fsp3) is 0.417. The lowest BCUT2D eigenvalue weighted by Crippen LogP contribution is -2.40. The van der Waals surface area contributed by atoms with Crippen molar-refractivity contribution in [3.8, 4) is 5.75 Å². The van der Waals surface area contributed by atoms with E-state index in [0.717, 1.165) is 0 Å². The van der Waals surface area contributed by atoms with Crippen molar-refractivity contribution >= 4 is 11.9 Å². The number of likely N-dealkylation sites (tertiary alicyclic amines) is 1. The van der Waals surface area contributed by atoms with Crippen LogP contribution >= 0.6 is 0 Å². The molecule has 2 heterocycles. The van der Waals surface area contributed by atoms with Gasteiger partial charge in [-0.25, -0.2) is 4.98 Å². The molecule has 1 aliphatic heterocycles. The van der Waals surface area contributed by atoms with Crippen LogP contribution in [0.1, 0.15) is 23.3 Å². The molecule has 0 radical (unpaired) electrons. The number of aliphatic carboxylic acids is 1. The monoisotopic (exact) mass is 250 g/mol. The zero-order valence-corrected chi connectivity index (χ0v) is 9.74. The summed E-state index contributed by atoms with van der Waals surface area (Å²) in [6.07, 6.45) is 2.32. The van der Waals surface area contributed by atoms with Crippen LogP contribution in [0.25, 0.3) is 0 Å². The van der Waals surface area contributed by atoms with Crippen molar-refractivity contribution < 1.29 is 19.8 Å². The minimum Gasteiger partial charge on any atom is -0.505 e. The van der Waals surface area contributed by atoms with Crippen molar-refractivity contribution in [2.24, 2.45) is 5.92 Å². The Balaban J connectivity index is 2.04. The number of carboxylic acids is 1. The molecule has 96 valence electrons. The summed E-state index contributed by atoms with van der Waals surface area (Å²) in [7, 11) is 0. The van der Waals surface area contributed by atoms with Gasteiger partial charge < -0.3 is 15.1 Å². The molecule has 2 N–H and O–H groups in total. The molecule has 0 aromatic carbocycles. The van der Waals surface area contributed by atoms with E-state index in [4.69, 9.17) is 5.11 Å². The van der Waals surface area contributed by atoms with Crippen LogP contribution in [0.5, 0.6) is 5.75 Å². The van der Waals surface area contributed by atoms with Gasteiger partial charge in [-0.15, -0.1) is 0 Å². The Morgan fingerprint density at radius 2 is 2.00 bits per heavy atom. The van der Waals surface area contributed by atoms with E-state index < -0.39 is 5.97 Å². The van der Waals surface area contributed by atoms with E-state index in [1.807, 2.05) is 0 Å². The summed E-state index contributed by atoms with van der Waals surface area (Å²) < 4.78 is 0. The Morgan fingerprint density at radius 3 is 2.56 bits per heavy atom. The Kier molecular flexibility index (Phi) is 3.45. The fourth-order valence-corrected chi connectivity index (χ4v) is 2.04. The molecule has 0 bridgehead atoms. The Morgan fingerprint density at radius 1 is 1.33 bits per heavy atom. The van der Waals surface area contributed by atoms with Crippen LogP contribution in [0.3, 0.4) is 0 Å². The maximum absolute atomic E-state index is 12.1. The molecule has 6 nitrogen and oxygen atoms in total. The Labute approximate surface area is 104 Å². The highest BCUT2D eigenvalue weighted by Gasteiger charge is 2.28. The lowest BCUT2D eigenvalue weighted by atomic mass is 9.97. The number of aromatic nitrogens is 1. The quantitative estimate of drug-likeness (QED) is 0.807. The number of hydrogen-bond donors (Lipinski definition) is 2. The zero-order valence-electron chi connectivity index (χ0n) is 9.74. The van der Waals surface area contributed by atoms with Gasteiger partial charge in [-0.05, 0) is 25.0 Å². The SMILES string of the molecule is O=C(O)C1CCN(C(=O)c2ncccc2O)CC1. The molecule has 1 aromatic heterocycles. The topological polar surface area (TPSA) is 90.7 Å². The number of carbonyl (C=O) groups excluding carboxylic acids is 1. The molecule has 1 aromatic rings. The number of amides is 1. The molecular formula is C12H14N2O4. The normalized spacial score (nSPS) is 16.6. The number of aromatic hydroxyl groups is 1. The second-order valence-corrected chi connectivity index (χ2v) is 4.28. The molecule has 0 saturated carbocycles. The number of nitrogens with zero attached hydrogens (tertiary/aromatic N) is 2.